The van der Waals surface area contributed by atoms with E-state index in [-0.39, 0.29) is 6.10 Å². The Morgan fingerprint density at radius 1 is 1.50 bits per heavy atom. The maximum absolute atomic E-state index is 5.80. The summed E-state index contributed by atoms with van der Waals surface area (Å²) in [6.07, 6.45) is 2.38. The Bertz CT molecular complexity index is 417. The molecular formula is C15H23NO2. The summed E-state index contributed by atoms with van der Waals surface area (Å²) in [6.45, 7) is 7.30. The Balaban J connectivity index is 2.17. The minimum Gasteiger partial charge on any atom is -0.496 e. The van der Waals surface area contributed by atoms with Gasteiger partial charge in [-0.2, -0.15) is 0 Å². The first-order valence-electron chi connectivity index (χ1n) is 6.73. The predicted molar refractivity (Wildman–Crippen MR) is 73.4 cm³/mol. The van der Waals surface area contributed by atoms with Gasteiger partial charge < -0.3 is 14.8 Å². The fraction of sp³-hybridized carbons (Fsp3) is 0.600. The molecule has 0 spiro atoms. The second-order valence-corrected chi connectivity index (χ2v) is 5.09. The number of nitrogens with one attached hydrogen (secondary N) is 1. The molecule has 2 unspecified atom stereocenters. The highest BCUT2D eigenvalue weighted by molar-refractivity contribution is 5.48. The molecule has 2 atom stereocenters. The first-order chi connectivity index (χ1) is 8.63. The van der Waals surface area contributed by atoms with Crippen LogP contribution in [0.3, 0.4) is 0 Å². The van der Waals surface area contributed by atoms with E-state index >= 15 is 0 Å². The van der Waals surface area contributed by atoms with Crippen molar-refractivity contribution in [3.05, 3.63) is 23.3 Å². The topological polar surface area (TPSA) is 30.5 Å². The molecule has 0 saturated heterocycles. The van der Waals surface area contributed by atoms with Crippen molar-refractivity contribution in [3.8, 4) is 11.5 Å². The van der Waals surface area contributed by atoms with Crippen LogP contribution < -0.4 is 14.8 Å². The summed E-state index contributed by atoms with van der Waals surface area (Å²) >= 11 is 0. The SMILES string of the molecule is CCC(C)NCc1cc2c(cc1OC)CC(C)O2. The minimum atomic E-state index is 0.280. The molecule has 18 heavy (non-hydrogen) atoms. The molecule has 1 aliphatic rings. The van der Waals surface area contributed by atoms with Crippen LogP contribution >= 0.6 is 0 Å². The molecule has 1 N–H and O–H groups in total. The first kappa shape index (κ1) is 13.2. The molecular weight excluding hydrogens is 226 g/mol. The minimum absolute atomic E-state index is 0.280. The number of benzene rings is 1. The van der Waals surface area contributed by atoms with Crippen molar-refractivity contribution >= 4 is 0 Å². The lowest BCUT2D eigenvalue weighted by Crippen LogP contribution is -2.24. The lowest BCUT2D eigenvalue weighted by molar-refractivity contribution is 0.254. The van der Waals surface area contributed by atoms with Crippen molar-refractivity contribution in [1.82, 2.24) is 5.32 Å². The van der Waals surface area contributed by atoms with Crippen LogP contribution in [-0.4, -0.2) is 19.3 Å². The second-order valence-electron chi connectivity index (χ2n) is 5.09. The smallest absolute Gasteiger partial charge is 0.123 e. The number of rotatable bonds is 5. The summed E-state index contributed by atoms with van der Waals surface area (Å²) in [5.41, 5.74) is 2.43. The normalized spacial score (nSPS) is 19.2. The Labute approximate surface area is 109 Å². The molecule has 0 saturated carbocycles. The Hall–Kier alpha value is -1.22. The number of hydrogen-bond donors (Lipinski definition) is 1. The van der Waals surface area contributed by atoms with E-state index in [1.54, 1.807) is 7.11 Å². The molecule has 0 radical (unpaired) electrons. The third-order valence-electron chi connectivity index (χ3n) is 3.55. The van der Waals surface area contributed by atoms with Crippen molar-refractivity contribution in [2.75, 3.05) is 7.11 Å². The molecule has 100 valence electrons. The zero-order valence-electron chi connectivity index (χ0n) is 11.7. The van der Waals surface area contributed by atoms with Gasteiger partial charge in [0, 0.05) is 30.1 Å². The van der Waals surface area contributed by atoms with Crippen LogP contribution in [0.25, 0.3) is 0 Å². The summed E-state index contributed by atoms with van der Waals surface area (Å²) in [6, 6.07) is 4.75. The quantitative estimate of drug-likeness (QED) is 0.870. The summed E-state index contributed by atoms with van der Waals surface area (Å²) in [4.78, 5) is 0. The van der Waals surface area contributed by atoms with Crippen LogP contribution in [0.5, 0.6) is 11.5 Å². The van der Waals surface area contributed by atoms with Crippen LogP contribution in [0.4, 0.5) is 0 Å². The molecule has 0 fully saturated rings. The van der Waals surface area contributed by atoms with Gasteiger partial charge in [0.1, 0.15) is 17.6 Å². The van der Waals surface area contributed by atoms with E-state index in [0.717, 1.165) is 30.9 Å². The average molecular weight is 249 g/mol. The molecule has 3 heteroatoms. The fourth-order valence-corrected chi connectivity index (χ4v) is 2.24. The highest BCUT2D eigenvalue weighted by Crippen LogP contribution is 2.34. The molecule has 1 heterocycles. The summed E-state index contributed by atoms with van der Waals surface area (Å²) in [7, 11) is 1.73. The average Bonchev–Trinajstić information content (AvgIpc) is 2.73. The van der Waals surface area contributed by atoms with Gasteiger partial charge in [0.25, 0.3) is 0 Å². The summed E-state index contributed by atoms with van der Waals surface area (Å²) in [5.74, 6) is 1.98. The van der Waals surface area contributed by atoms with Crippen molar-refractivity contribution in [3.63, 3.8) is 0 Å². The third-order valence-corrected chi connectivity index (χ3v) is 3.55. The van der Waals surface area contributed by atoms with E-state index in [1.807, 2.05) is 0 Å². The maximum atomic E-state index is 5.80. The molecule has 0 bridgehead atoms. The predicted octanol–water partition coefficient (Wildman–Crippen LogP) is 2.91. The van der Waals surface area contributed by atoms with Gasteiger partial charge in [0.15, 0.2) is 0 Å². The van der Waals surface area contributed by atoms with Gasteiger partial charge in [-0.25, -0.2) is 0 Å². The van der Waals surface area contributed by atoms with Gasteiger partial charge in [-0.05, 0) is 32.4 Å². The number of fused-ring (bicyclic) bond motifs is 1. The zero-order chi connectivity index (χ0) is 13.1. The van der Waals surface area contributed by atoms with E-state index in [2.05, 4.69) is 38.2 Å². The monoisotopic (exact) mass is 249 g/mol. The van der Waals surface area contributed by atoms with Crippen molar-refractivity contribution < 1.29 is 9.47 Å². The number of methoxy groups -OCH3 is 1. The number of ether oxygens (including phenoxy) is 2. The van der Waals surface area contributed by atoms with Crippen LogP contribution in [0.1, 0.15) is 38.3 Å². The zero-order valence-corrected chi connectivity index (χ0v) is 11.7. The van der Waals surface area contributed by atoms with Gasteiger partial charge in [0.2, 0.25) is 0 Å². The Morgan fingerprint density at radius 2 is 2.28 bits per heavy atom. The Kier molecular flexibility index (Phi) is 4.12. The number of hydrogen-bond acceptors (Lipinski definition) is 3. The maximum Gasteiger partial charge on any atom is 0.123 e. The molecule has 1 aromatic carbocycles. The molecule has 0 aliphatic carbocycles. The van der Waals surface area contributed by atoms with E-state index in [9.17, 15) is 0 Å². The molecule has 2 rings (SSSR count). The summed E-state index contributed by atoms with van der Waals surface area (Å²) in [5, 5.41) is 3.49. The van der Waals surface area contributed by atoms with E-state index in [0.29, 0.717) is 6.04 Å². The van der Waals surface area contributed by atoms with E-state index in [1.165, 1.54) is 11.1 Å². The highest BCUT2D eigenvalue weighted by Gasteiger charge is 2.21. The van der Waals surface area contributed by atoms with Gasteiger partial charge >= 0.3 is 0 Å². The van der Waals surface area contributed by atoms with Crippen molar-refractivity contribution in [1.29, 1.82) is 0 Å². The second kappa shape index (κ2) is 5.61. The largest absolute Gasteiger partial charge is 0.496 e. The van der Waals surface area contributed by atoms with Gasteiger partial charge in [-0.1, -0.05) is 6.92 Å². The lowest BCUT2D eigenvalue weighted by Gasteiger charge is -2.15. The van der Waals surface area contributed by atoms with E-state index in [4.69, 9.17) is 9.47 Å². The molecule has 1 aliphatic heterocycles. The lowest BCUT2D eigenvalue weighted by atomic mass is 10.1. The van der Waals surface area contributed by atoms with Crippen LogP contribution in [0, 0.1) is 0 Å². The van der Waals surface area contributed by atoms with Gasteiger partial charge in [-0.15, -0.1) is 0 Å². The first-order valence-corrected chi connectivity index (χ1v) is 6.73. The standard InChI is InChI=1S/C15H23NO2/c1-5-10(2)16-9-13-8-15-12(6-11(3)18-15)7-14(13)17-4/h7-8,10-11,16H,5-6,9H2,1-4H3. The highest BCUT2D eigenvalue weighted by atomic mass is 16.5. The molecule has 1 aromatic rings. The van der Waals surface area contributed by atoms with Crippen molar-refractivity contribution in [2.24, 2.45) is 0 Å². The fourth-order valence-electron chi connectivity index (χ4n) is 2.24. The van der Waals surface area contributed by atoms with Crippen LogP contribution in [-0.2, 0) is 13.0 Å². The Morgan fingerprint density at radius 3 is 2.94 bits per heavy atom. The van der Waals surface area contributed by atoms with Gasteiger partial charge in [0.05, 0.1) is 7.11 Å². The molecule has 0 amide bonds. The van der Waals surface area contributed by atoms with Crippen LogP contribution in [0.15, 0.2) is 12.1 Å². The van der Waals surface area contributed by atoms with Crippen molar-refractivity contribution in [2.45, 2.75) is 52.3 Å². The van der Waals surface area contributed by atoms with Gasteiger partial charge in [-0.3, -0.25) is 0 Å². The van der Waals surface area contributed by atoms with Crippen LogP contribution in [0.2, 0.25) is 0 Å². The molecule has 0 aromatic heterocycles. The molecule has 3 nitrogen and oxygen atoms in total. The van der Waals surface area contributed by atoms with E-state index < -0.39 is 0 Å². The third kappa shape index (κ3) is 2.78. The summed E-state index contributed by atoms with van der Waals surface area (Å²) < 4.78 is 11.3.